The number of benzene rings is 1. The van der Waals surface area contributed by atoms with E-state index in [-0.39, 0.29) is 20.9 Å². The average Bonchev–Trinajstić information content (AvgIpc) is 2.76. The maximum atomic E-state index is 13.1. The standard InChI is InChI=1S/C11H12BrFN4O2S/c1-2-17-6-10(11(14)15-17)20(18,19)16-7-3-4-9(13)8(12)5-7/h3-6,16H,2H2,1H3,(H2,14,15). The Morgan fingerprint density at radius 2 is 2.20 bits per heavy atom. The Kier molecular flexibility index (Phi) is 4.00. The highest BCUT2D eigenvalue weighted by Gasteiger charge is 2.21. The fourth-order valence-electron chi connectivity index (χ4n) is 1.56. The van der Waals surface area contributed by atoms with E-state index in [0.717, 1.165) is 6.07 Å². The molecule has 0 saturated heterocycles. The van der Waals surface area contributed by atoms with Crippen LogP contribution in [0.15, 0.2) is 33.8 Å². The van der Waals surface area contributed by atoms with Crippen molar-refractivity contribution >= 4 is 37.5 Å². The molecule has 0 unspecified atom stereocenters. The van der Waals surface area contributed by atoms with Gasteiger partial charge in [-0.3, -0.25) is 9.40 Å². The van der Waals surface area contributed by atoms with Gasteiger partial charge in [-0.15, -0.1) is 0 Å². The first kappa shape index (κ1) is 14.8. The first-order valence-corrected chi connectivity index (χ1v) is 7.92. The lowest BCUT2D eigenvalue weighted by molar-refractivity contribution is 0.600. The number of nitrogen functional groups attached to an aromatic ring is 1. The number of aromatic nitrogens is 2. The second-order valence-electron chi connectivity index (χ2n) is 3.97. The summed E-state index contributed by atoms with van der Waals surface area (Å²) in [6.45, 7) is 2.31. The minimum atomic E-state index is -3.86. The number of sulfonamides is 1. The Labute approximate surface area is 124 Å². The number of hydrogen-bond donors (Lipinski definition) is 2. The summed E-state index contributed by atoms with van der Waals surface area (Å²) in [6.07, 6.45) is 1.34. The zero-order valence-electron chi connectivity index (χ0n) is 10.5. The summed E-state index contributed by atoms with van der Waals surface area (Å²) in [4.78, 5) is -0.111. The summed E-state index contributed by atoms with van der Waals surface area (Å²) in [6, 6.07) is 3.80. The summed E-state index contributed by atoms with van der Waals surface area (Å²) in [5.74, 6) is -0.563. The largest absolute Gasteiger partial charge is 0.381 e. The summed E-state index contributed by atoms with van der Waals surface area (Å²) in [5.41, 5.74) is 5.81. The molecule has 0 amide bonds. The van der Waals surface area contributed by atoms with Gasteiger partial charge in [0.2, 0.25) is 0 Å². The Bertz CT molecular complexity index is 745. The summed E-state index contributed by atoms with van der Waals surface area (Å²) in [5, 5.41) is 3.87. The van der Waals surface area contributed by atoms with Crippen LogP contribution in [0.3, 0.4) is 0 Å². The third-order valence-electron chi connectivity index (χ3n) is 2.54. The topological polar surface area (TPSA) is 90.0 Å². The molecule has 0 bridgehead atoms. The second-order valence-corrected chi connectivity index (χ2v) is 6.47. The van der Waals surface area contributed by atoms with E-state index in [1.54, 1.807) is 0 Å². The molecule has 0 spiro atoms. The van der Waals surface area contributed by atoms with Gasteiger partial charge >= 0.3 is 0 Å². The maximum absolute atomic E-state index is 13.1. The SMILES string of the molecule is CCn1cc(S(=O)(=O)Nc2ccc(F)c(Br)c2)c(N)n1. The number of halogens is 2. The molecule has 2 rings (SSSR count). The van der Waals surface area contributed by atoms with E-state index in [0.29, 0.717) is 6.54 Å². The van der Waals surface area contributed by atoms with Crippen molar-refractivity contribution in [1.29, 1.82) is 0 Å². The zero-order valence-corrected chi connectivity index (χ0v) is 12.9. The van der Waals surface area contributed by atoms with Crippen LogP contribution in [0.5, 0.6) is 0 Å². The van der Waals surface area contributed by atoms with Crippen LogP contribution in [0.4, 0.5) is 15.9 Å². The van der Waals surface area contributed by atoms with Gasteiger partial charge in [-0.1, -0.05) is 0 Å². The predicted molar refractivity (Wildman–Crippen MR) is 77.2 cm³/mol. The molecular formula is C11H12BrFN4O2S. The highest BCUT2D eigenvalue weighted by atomic mass is 79.9. The van der Waals surface area contributed by atoms with Gasteiger partial charge in [0.05, 0.1) is 10.2 Å². The van der Waals surface area contributed by atoms with Crippen LogP contribution in [0.1, 0.15) is 6.92 Å². The van der Waals surface area contributed by atoms with E-state index in [1.165, 1.54) is 23.0 Å². The van der Waals surface area contributed by atoms with E-state index in [4.69, 9.17) is 5.73 Å². The van der Waals surface area contributed by atoms with Crippen LogP contribution in [-0.4, -0.2) is 18.2 Å². The van der Waals surface area contributed by atoms with Crippen LogP contribution in [0.25, 0.3) is 0 Å². The lowest BCUT2D eigenvalue weighted by Gasteiger charge is -2.07. The van der Waals surface area contributed by atoms with Crippen molar-refractivity contribution in [2.24, 2.45) is 0 Å². The van der Waals surface area contributed by atoms with Crippen LogP contribution >= 0.6 is 15.9 Å². The molecule has 0 radical (unpaired) electrons. The molecule has 0 aliphatic rings. The van der Waals surface area contributed by atoms with Gasteiger partial charge in [-0.2, -0.15) is 5.10 Å². The van der Waals surface area contributed by atoms with Gasteiger partial charge in [0.1, 0.15) is 10.7 Å². The van der Waals surface area contributed by atoms with Crippen molar-refractivity contribution in [2.45, 2.75) is 18.4 Å². The predicted octanol–water partition coefficient (Wildman–Crippen LogP) is 2.19. The van der Waals surface area contributed by atoms with Gasteiger partial charge in [-0.05, 0) is 41.1 Å². The first-order chi connectivity index (χ1) is 9.33. The molecule has 0 atom stereocenters. The van der Waals surface area contributed by atoms with Crippen molar-refractivity contribution < 1.29 is 12.8 Å². The van der Waals surface area contributed by atoms with Crippen molar-refractivity contribution in [3.8, 4) is 0 Å². The van der Waals surface area contributed by atoms with Crippen LogP contribution < -0.4 is 10.5 Å². The molecule has 9 heteroatoms. The quantitative estimate of drug-likeness (QED) is 0.871. The Morgan fingerprint density at radius 1 is 1.50 bits per heavy atom. The Balaban J connectivity index is 2.35. The van der Waals surface area contributed by atoms with Crippen molar-refractivity contribution in [1.82, 2.24) is 9.78 Å². The van der Waals surface area contributed by atoms with Gasteiger partial charge in [-0.25, -0.2) is 12.8 Å². The minimum Gasteiger partial charge on any atom is -0.381 e. The molecule has 0 saturated carbocycles. The number of nitrogens with zero attached hydrogens (tertiary/aromatic N) is 2. The minimum absolute atomic E-state index is 0.0828. The molecule has 3 N–H and O–H groups in total. The molecular weight excluding hydrogens is 351 g/mol. The second kappa shape index (κ2) is 5.41. The number of aryl methyl sites for hydroxylation is 1. The third kappa shape index (κ3) is 2.93. The molecule has 0 fully saturated rings. The van der Waals surface area contributed by atoms with E-state index >= 15 is 0 Å². The number of anilines is 2. The van der Waals surface area contributed by atoms with E-state index < -0.39 is 15.8 Å². The molecule has 20 heavy (non-hydrogen) atoms. The monoisotopic (exact) mass is 362 g/mol. The lowest BCUT2D eigenvalue weighted by atomic mass is 10.3. The van der Waals surface area contributed by atoms with E-state index in [2.05, 4.69) is 25.8 Å². The molecule has 1 heterocycles. The molecule has 108 valence electrons. The van der Waals surface area contributed by atoms with Gasteiger partial charge in [0.15, 0.2) is 5.82 Å². The summed E-state index contributed by atoms with van der Waals surface area (Å²) in [7, 11) is -3.86. The molecule has 2 aromatic rings. The fraction of sp³-hybridized carbons (Fsp3) is 0.182. The van der Waals surface area contributed by atoms with Crippen LogP contribution in [0.2, 0.25) is 0 Å². The smallest absolute Gasteiger partial charge is 0.267 e. The van der Waals surface area contributed by atoms with Crippen molar-refractivity contribution in [3.05, 3.63) is 34.7 Å². The number of nitrogens with one attached hydrogen (secondary N) is 1. The number of nitrogens with two attached hydrogens (primary N) is 1. The van der Waals surface area contributed by atoms with Gasteiger partial charge in [0.25, 0.3) is 10.0 Å². The van der Waals surface area contributed by atoms with E-state index in [1.807, 2.05) is 6.92 Å². The van der Waals surface area contributed by atoms with Gasteiger partial charge < -0.3 is 5.73 Å². The Hall–Kier alpha value is -1.61. The molecule has 0 aliphatic carbocycles. The van der Waals surface area contributed by atoms with Crippen molar-refractivity contribution in [2.75, 3.05) is 10.5 Å². The number of hydrogen-bond acceptors (Lipinski definition) is 4. The van der Waals surface area contributed by atoms with Crippen molar-refractivity contribution in [3.63, 3.8) is 0 Å². The normalized spacial score (nSPS) is 11.6. The zero-order chi connectivity index (χ0) is 14.9. The highest BCUT2D eigenvalue weighted by molar-refractivity contribution is 9.10. The molecule has 0 aliphatic heterocycles. The Morgan fingerprint density at radius 3 is 2.75 bits per heavy atom. The fourth-order valence-corrected chi connectivity index (χ4v) is 3.06. The molecule has 6 nitrogen and oxygen atoms in total. The number of rotatable bonds is 4. The van der Waals surface area contributed by atoms with Gasteiger partial charge in [0, 0.05) is 12.7 Å². The highest BCUT2D eigenvalue weighted by Crippen LogP contribution is 2.24. The molecule has 1 aromatic carbocycles. The lowest BCUT2D eigenvalue weighted by Crippen LogP contribution is -2.14. The first-order valence-electron chi connectivity index (χ1n) is 5.64. The maximum Gasteiger partial charge on any atom is 0.267 e. The van der Waals surface area contributed by atoms with Crippen LogP contribution in [-0.2, 0) is 16.6 Å². The van der Waals surface area contributed by atoms with E-state index in [9.17, 15) is 12.8 Å². The summed E-state index contributed by atoms with van der Waals surface area (Å²) < 4.78 is 41.4. The third-order valence-corrected chi connectivity index (χ3v) is 4.55. The summed E-state index contributed by atoms with van der Waals surface area (Å²) >= 11 is 2.99. The average molecular weight is 363 g/mol. The van der Waals surface area contributed by atoms with Crippen LogP contribution in [0, 0.1) is 5.82 Å². The molecule has 1 aromatic heterocycles.